The van der Waals surface area contributed by atoms with Crippen LogP contribution in [0.5, 0.6) is 0 Å². The molecule has 53 heavy (non-hydrogen) atoms. The minimum atomic E-state index is -1.50. The highest BCUT2D eigenvalue weighted by Gasteiger charge is 2.77. The van der Waals surface area contributed by atoms with Crippen LogP contribution in [0.15, 0.2) is 107 Å². The first kappa shape index (κ1) is 39.5. The number of aliphatic hydroxyl groups is 4. The molecular formula is C46H62N2O5. The number of hydrogen-bond donors (Lipinski definition) is 6. The predicted molar refractivity (Wildman–Crippen MR) is 213 cm³/mol. The normalized spacial score (nSPS) is 38.8. The smallest absolute Gasteiger partial charge is 0.145 e. The number of allylic oxidation sites excluding steroid dienone is 10. The summed E-state index contributed by atoms with van der Waals surface area (Å²) < 4.78 is 0. The van der Waals surface area contributed by atoms with Crippen LogP contribution in [0.1, 0.15) is 70.4 Å². The van der Waals surface area contributed by atoms with Gasteiger partial charge in [0.25, 0.3) is 0 Å². The average molecular weight is 723 g/mol. The topological polar surface area (TPSA) is 122 Å². The zero-order valence-corrected chi connectivity index (χ0v) is 32.3. The van der Waals surface area contributed by atoms with Gasteiger partial charge in [-0.1, -0.05) is 96.2 Å². The van der Waals surface area contributed by atoms with Gasteiger partial charge in [-0.15, -0.1) is 0 Å². The van der Waals surface area contributed by atoms with E-state index in [-0.39, 0.29) is 31.0 Å². The second kappa shape index (κ2) is 15.9. The SMILES string of the molecule is C=C(/C=C/C=C(/CO)[C@@H]1CC[C@@]23[C@H]4/C(=C(/C)C=O)[C@H](C=C[C@@]4(CCO)C=C[C@@]12O)C[C@]3(O)CCNC)[C@@H]1C/C=C(\C)CN[C@@H](C)Cc2cccc(c2)C1. The number of carbonyl (C=O) groups is 1. The molecule has 6 rings (SSSR count). The monoisotopic (exact) mass is 722 g/mol. The van der Waals surface area contributed by atoms with Crippen molar-refractivity contribution in [2.45, 2.75) is 89.4 Å². The summed E-state index contributed by atoms with van der Waals surface area (Å²) in [6, 6.07) is 9.27. The van der Waals surface area contributed by atoms with Crippen LogP contribution in [0, 0.1) is 34.5 Å². The van der Waals surface area contributed by atoms with E-state index in [0.29, 0.717) is 55.8 Å². The molecule has 6 N–H and O–H groups in total. The van der Waals surface area contributed by atoms with Crippen LogP contribution < -0.4 is 10.6 Å². The van der Waals surface area contributed by atoms with Crippen molar-refractivity contribution in [3.05, 3.63) is 118 Å². The molecule has 0 amide bonds. The molecule has 7 nitrogen and oxygen atoms in total. The summed E-state index contributed by atoms with van der Waals surface area (Å²) in [5.74, 6) is -0.789. The second-order valence-corrected chi connectivity index (χ2v) is 16.9. The largest absolute Gasteiger partial charge is 0.396 e. The summed E-state index contributed by atoms with van der Waals surface area (Å²) >= 11 is 0. The lowest BCUT2D eigenvalue weighted by atomic mass is 9.37. The number of aldehydes is 1. The summed E-state index contributed by atoms with van der Waals surface area (Å²) in [4.78, 5) is 12.4. The van der Waals surface area contributed by atoms with Crippen molar-refractivity contribution < 1.29 is 25.2 Å². The van der Waals surface area contributed by atoms with Crippen molar-refractivity contribution in [3.63, 3.8) is 0 Å². The lowest BCUT2D eigenvalue weighted by molar-refractivity contribution is -0.233. The van der Waals surface area contributed by atoms with Crippen LogP contribution in [-0.4, -0.2) is 77.3 Å². The van der Waals surface area contributed by atoms with E-state index in [1.54, 1.807) is 0 Å². The number of fused-ring (bicyclic) bond motifs is 3. The highest BCUT2D eigenvalue weighted by atomic mass is 16.3. The van der Waals surface area contributed by atoms with Gasteiger partial charge in [0.05, 0.1) is 17.8 Å². The Morgan fingerprint density at radius 2 is 1.89 bits per heavy atom. The lowest BCUT2D eigenvalue weighted by Gasteiger charge is -2.68. The third kappa shape index (κ3) is 6.98. The lowest BCUT2D eigenvalue weighted by Crippen LogP contribution is -2.72. The van der Waals surface area contributed by atoms with Crippen LogP contribution in [0.25, 0.3) is 0 Å². The van der Waals surface area contributed by atoms with Gasteiger partial charge in [0.1, 0.15) is 6.29 Å². The zero-order chi connectivity index (χ0) is 38.0. The van der Waals surface area contributed by atoms with Crippen LogP contribution in [0.3, 0.4) is 0 Å². The molecule has 4 bridgehead atoms. The highest BCUT2D eigenvalue weighted by Crippen LogP contribution is 2.75. The fourth-order valence-corrected chi connectivity index (χ4v) is 11.1. The fourth-order valence-electron chi connectivity index (χ4n) is 11.1. The van der Waals surface area contributed by atoms with E-state index in [1.165, 1.54) is 16.7 Å². The molecule has 0 saturated heterocycles. The first-order valence-electron chi connectivity index (χ1n) is 19.8. The molecule has 0 unspecified atom stereocenters. The number of benzene rings is 1. The molecule has 1 spiro atoms. The molecule has 2 saturated carbocycles. The number of hydrogen-bond acceptors (Lipinski definition) is 7. The standard InChI is InChI=1S/C46H62N2O5/c1-31-12-13-37(26-36-10-7-9-35(25-36)24-34(4)48-28-31)32(2)8-6-11-39(30-51)40-15-17-45-42-41(33(3)29-50)38(27-44(45,52)20-22-47-5)14-16-43(42,21-23-49)18-19-46(40,45)53/h6-12,14,16,18-19,25,29,34,37-38,40,42,47-49,51-53H,2,13,15,17,20-24,26-28,30H2,1,3-5H3/b8-6+,31-12+,39-11-,41-33-/t34-,37+,38+,40-,42-,43-,44+,45-,46+/m0/s1. The molecule has 9 atom stereocenters. The number of aliphatic hydroxyl groups excluding tert-OH is 2. The maximum absolute atomic E-state index is 13.3. The molecule has 1 heterocycles. The van der Waals surface area contributed by atoms with Gasteiger partial charge < -0.3 is 31.1 Å². The van der Waals surface area contributed by atoms with Crippen LogP contribution >= 0.6 is 0 Å². The van der Waals surface area contributed by atoms with Crippen LogP contribution in [0.2, 0.25) is 0 Å². The number of rotatable bonds is 11. The van der Waals surface area contributed by atoms with E-state index >= 15 is 0 Å². The maximum atomic E-state index is 13.3. The van der Waals surface area contributed by atoms with Crippen molar-refractivity contribution in [1.29, 1.82) is 0 Å². The van der Waals surface area contributed by atoms with Gasteiger partial charge in [-0.05, 0) is 114 Å². The van der Waals surface area contributed by atoms with E-state index in [1.807, 2.05) is 44.4 Å². The Labute approximate surface area is 317 Å². The van der Waals surface area contributed by atoms with Gasteiger partial charge in [-0.25, -0.2) is 0 Å². The summed E-state index contributed by atoms with van der Waals surface area (Å²) in [5, 5.41) is 54.5. The van der Waals surface area contributed by atoms with Crippen molar-refractivity contribution in [2.24, 2.45) is 34.5 Å². The molecule has 4 aliphatic carbocycles. The Balaban J connectivity index is 1.36. The van der Waals surface area contributed by atoms with E-state index < -0.39 is 27.9 Å². The van der Waals surface area contributed by atoms with E-state index in [2.05, 4.69) is 73.6 Å². The summed E-state index contributed by atoms with van der Waals surface area (Å²) in [6.07, 6.45) is 22.4. The minimum Gasteiger partial charge on any atom is -0.396 e. The first-order chi connectivity index (χ1) is 25.4. The third-order valence-electron chi connectivity index (χ3n) is 13.7. The molecule has 1 aliphatic heterocycles. The Morgan fingerprint density at radius 3 is 2.60 bits per heavy atom. The summed E-state index contributed by atoms with van der Waals surface area (Å²) in [6.45, 7) is 11.9. The molecule has 0 aromatic heterocycles. The zero-order valence-electron chi connectivity index (χ0n) is 32.3. The molecule has 1 aromatic rings. The van der Waals surface area contributed by atoms with Crippen molar-refractivity contribution in [1.82, 2.24) is 10.6 Å². The first-order valence-corrected chi connectivity index (χ1v) is 19.8. The number of carbonyl (C=O) groups excluding carboxylic acids is 1. The molecular weight excluding hydrogens is 661 g/mol. The molecule has 0 radical (unpaired) electrons. The Bertz CT molecular complexity index is 1740. The maximum Gasteiger partial charge on any atom is 0.145 e. The van der Waals surface area contributed by atoms with Gasteiger partial charge in [0, 0.05) is 47.8 Å². The second-order valence-electron chi connectivity index (χ2n) is 16.9. The summed E-state index contributed by atoms with van der Waals surface area (Å²) in [5.41, 5.74) is 2.78. The Morgan fingerprint density at radius 1 is 1.11 bits per heavy atom. The van der Waals surface area contributed by atoms with Gasteiger partial charge in [-0.2, -0.15) is 0 Å². The average Bonchev–Trinajstić information content (AvgIpc) is 3.46. The van der Waals surface area contributed by atoms with Crippen molar-refractivity contribution >= 4 is 6.29 Å². The fraction of sp³-hybridized carbons (Fsp3) is 0.543. The number of nitrogens with one attached hydrogen (secondary N) is 2. The minimum absolute atomic E-state index is 0.0650. The molecule has 286 valence electrons. The Kier molecular flexibility index (Phi) is 11.9. The van der Waals surface area contributed by atoms with Gasteiger partial charge in [0.15, 0.2) is 0 Å². The van der Waals surface area contributed by atoms with Crippen molar-refractivity contribution in [2.75, 3.05) is 33.4 Å². The molecule has 1 aromatic carbocycles. The highest BCUT2D eigenvalue weighted by molar-refractivity contribution is 5.75. The molecule has 7 heteroatoms. The predicted octanol–water partition coefficient (Wildman–Crippen LogP) is 5.88. The van der Waals surface area contributed by atoms with Gasteiger partial charge in [0.2, 0.25) is 0 Å². The van der Waals surface area contributed by atoms with Crippen LogP contribution in [-0.2, 0) is 17.6 Å². The van der Waals surface area contributed by atoms with E-state index in [9.17, 15) is 25.2 Å². The van der Waals surface area contributed by atoms with E-state index in [4.69, 9.17) is 0 Å². The Hall–Kier alpha value is -3.17. The summed E-state index contributed by atoms with van der Waals surface area (Å²) in [7, 11) is 1.87. The van der Waals surface area contributed by atoms with Gasteiger partial charge in [-0.3, -0.25) is 4.79 Å². The quantitative estimate of drug-likeness (QED) is 0.0731. The molecule has 2 fully saturated rings. The molecule has 5 aliphatic rings. The third-order valence-corrected chi connectivity index (χ3v) is 13.7. The van der Waals surface area contributed by atoms with E-state index in [0.717, 1.165) is 43.2 Å². The van der Waals surface area contributed by atoms with Crippen LogP contribution in [0.4, 0.5) is 0 Å². The van der Waals surface area contributed by atoms with Crippen molar-refractivity contribution in [3.8, 4) is 0 Å². The van der Waals surface area contributed by atoms with Gasteiger partial charge >= 0.3 is 0 Å².